The topological polar surface area (TPSA) is 61.2 Å². The van der Waals surface area contributed by atoms with Crippen molar-refractivity contribution in [3.63, 3.8) is 0 Å². The first-order valence-electron chi connectivity index (χ1n) is 5.63. The van der Waals surface area contributed by atoms with Crippen LogP contribution in [-0.4, -0.2) is 18.8 Å². The van der Waals surface area contributed by atoms with Crippen LogP contribution < -0.4 is 0 Å². The van der Waals surface area contributed by atoms with Crippen molar-refractivity contribution in [1.82, 2.24) is 4.53 Å². The number of nitrogens with zero attached hydrogens (tertiary/aromatic N) is 1. The SMILES string of the molecule is N=C(c1cc(F)cc(F)c1)N(F)S(=O)(=O)c1ccccc1. The summed E-state index contributed by atoms with van der Waals surface area (Å²) in [6, 6.07) is 8.44. The molecule has 0 saturated heterocycles. The molecular weight excluding hydrogens is 305 g/mol. The highest BCUT2D eigenvalue weighted by molar-refractivity contribution is 7.89. The number of benzene rings is 2. The molecule has 0 heterocycles. The first-order valence-corrected chi connectivity index (χ1v) is 7.07. The highest BCUT2D eigenvalue weighted by Gasteiger charge is 2.28. The minimum absolute atomic E-state index is 0.380. The molecule has 0 amide bonds. The van der Waals surface area contributed by atoms with Gasteiger partial charge < -0.3 is 0 Å². The lowest BCUT2D eigenvalue weighted by atomic mass is 10.2. The molecule has 0 atom stereocenters. The van der Waals surface area contributed by atoms with Crippen molar-refractivity contribution in [3.05, 3.63) is 65.7 Å². The van der Waals surface area contributed by atoms with E-state index in [2.05, 4.69) is 0 Å². The van der Waals surface area contributed by atoms with Crippen molar-refractivity contribution < 1.29 is 21.7 Å². The second-order valence-electron chi connectivity index (χ2n) is 4.04. The molecular formula is C13H9F3N2O2S. The molecule has 4 nitrogen and oxygen atoms in total. The van der Waals surface area contributed by atoms with Gasteiger partial charge in [-0.2, -0.15) is 8.42 Å². The fourth-order valence-corrected chi connectivity index (χ4v) is 2.63. The second-order valence-corrected chi connectivity index (χ2v) is 5.78. The van der Waals surface area contributed by atoms with Crippen LogP contribution in [0.25, 0.3) is 0 Å². The largest absolute Gasteiger partial charge is 0.292 e. The summed E-state index contributed by atoms with van der Waals surface area (Å²) in [4.78, 5) is -0.380. The van der Waals surface area contributed by atoms with Crippen molar-refractivity contribution >= 4 is 15.9 Å². The lowest BCUT2D eigenvalue weighted by Gasteiger charge is -2.15. The molecule has 0 aliphatic carbocycles. The summed E-state index contributed by atoms with van der Waals surface area (Å²) >= 11 is 0. The Morgan fingerprint density at radius 2 is 1.52 bits per heavy atom. The molecule has 0 saturated carbocycles. The molecule has 0 aliphatic rings. The summed E-state index contributed by atoms with van der Waals surface area (Å²) < 4.78 is 63.1. The third-order valence-corrected chi connectivity index (χ3v) is 4.04. The van der Waals surface area contributed by atoms with Gasteiger partial charge in [-0.15, -0.1) is 0 Å². The number of halogens is 3. The van der Waals surface area contributed by atoms with E-state index in [1.165, 1.54) is 18.2 Å². The number of amidine groups is 1. The molecule has 0 unspecified atom stereocenters. The van der Waals surface area contributed by atoms with Crippen LogP contribution in [0.15, 0.2) is 53.4 Å². The minimum atomic E-state index is -4.61. The van der Waals surface area contributed by atoms with Crippen LogP contribution in [0.3, 0.4) is 0 Å². The van der Waals surface area contributed by atoms with Gasteiger partial charge in [-0.1, -0.05) is 27.2 Å². The summed E-state index contributed by atoms with van der Waals surface area (Å²) in [5, 5.41) is 7.47. The van der Waals surface area contributed by atoms with E-state index in [0.717, 1.165) is 12.1 Å². The normalized spacial score (nSPS) is 11.2. The number of rotatable bonds is 3. The van der Waals surface area contributed by atoms with Crippen LogP contribution in [0.4, 0.5) is 13.3 Å². The molecule has 0 bridgehead atoms. The van der Waals surface area contributed by atoms with Crippen molar-refractivity contribution in [2.24, 2.45) is 0 Å². The van der Waals surface area contributed by atoms with E-state index in [9.17, 15) is 21.7 Å². The zero-order valence-electron chi connectivity index (χ0n) is 10.4. The Labute approximate surface area is 118 Å². The Kier molecular flexibility index (Phi) is 3.99. The molecule has 0 aromatic heterocycles. The first-order chi connectivity index (χ1) is 9.82. The number of nitrogens with one attached hydrogen (secondary N) is 1. The van der Waals surface area contributed by atoms with Gasteiger partial charge in [-0.25, -0.2) is 8.78 Å². The molecule has 0 fully saturated rings. The van der Waals surface area contributed by atoms with E-state index < -0.39 is 37.6 Å². The van der Waals surface area contributed by atoms with E-state index in [1.54, 1.807) is 0 Å². The van der Waals surface area contributed by atoms with Gasteiger partial charge in [0.25, 0.3) is 10.0 Å². The van der Waals surface area contributed by atoms with E-state index >= 15 is 0 Å². The van der Waals surface area contributed by atoms with Crippen molar-refractivity contribution in [1.29, 1.82) is 5.41 Å². The Balaban J connectivity index is 2.39. The molecule has 0 radical (unpaired) electrons. The van der Waals surface area contributed by atoms with Crippen LogP contribution in [0.5, 0.6) is 0 Å². The number of hydrogen-bond donors (Lipinski definition) is 1. The predicted octanol–water partition coefficient (Wildman–Crippen LogP) is 2.87. The van der Waals surface area contributed by atoms with E-state index in [1.807, 2.05) is 0 Å². The van der Waals surface area contributed by atoms with Gasteiger partial charge in [-0.05, 0) is 24.3 Å². The van der Waals surface area contributed by atoms with E-state index in [4.69, 9.17) is 5.41 Å². The predicted molar refractivity (Wildman–Crippen MR) is 69.8 cm³/mol. The van der Waals surface area contributed by atoms with Crippen LogP contribution in [0.2, 0.25) is 0 Å². The highest BCUT2D eigenvalue weighted by Crippen LogP contribution is 2.19. The molecule has 2 rings (SSSR count). The first kappa shape index (κ1) is 15.0. The molecule has 0 spiro atoms. The molecule has 2 aromatic carbocycles. The Bertz CT molecular complexity index is 759. The Hall–Kier alpha value is -2.35. The zero-order valence-corrected chi connectivity index (χ0v) is 11.2. The molecule has 0 aliphatic heterocycles. The Morgan fingerprint density at radius 1 is 1.00 bits per heavy atom. The smallest absolute Gasteiger partial charge is 0.281 e. The van der Waals surface area contributed by atoms with Gasteiger partial charge in [0.1, 0.15) is 11.6 Å². The zero-order chi connectivity index (χ0) is 15.6. The van der Waals surface area contributed by atoms with E-state index in [0.29, 0.717) is 18.2 Å². The summed E-state index contributed by atoms with van der Waals surface area (Å²) in [6.07, 6.45) is 0. The quantitative estimate of drug-likeness (QED) is 0.538. The maximum absolute atomic E-state index is 14.0. The standard InChI is InChI=1S/C13H9F3N2O2S/c14-10-6-9(7-11(15)8-10)13(17)18(16)21(19,20)12-4-2-1-3-5-12/h1-8,17H. The average molecular weight is 314 g/mol. The van der Waals surface area contributed by atoms with Gasteiger partial charge >= 0.3 is 0 Å². The van der Waals surface area contributed by atoms with E-state index in [-0.39, 0.29) is 4.90 Å². The van der Waals surface area contributed by atoms with Crippen molar-refractivity contribution in [2.45, 2.75) is 4.90 Å². The second kappa shape index (κ2) is 5.57. The van der Waals surface area contributed by atoms with Gasteiger partial charge in [0.2, 0.25) is 0 Å². The van der Waals surface area contributed by atoms with Crippen molar-refractivity contribution in [3.8, 4) is 0 Å². The van der Waals surface area contributed by atoms with Gasteiger partial charge in [0.05, 0.1) is 4.90 Å². The third kappa shape index (κ3) is 3.05. The molecule has 2 aromatic rings. The summed E-state index contributed by atoms with van der Waals surface area (Å²) in [5.74, 6) is -3.27. The summed E-state index contributed by atoms with van der Waals surface area (Å²) in [5.41, 5.74) is -0.533. The highest BCUT2D eigenvalue weighted by atomic mass is 32.2. The van der Waals surface area contributed by atoms with Crippen LogP contribution in [0, 0.1) is 17.0 Å². The number of hydrogen-bond acceptors (Lipinski definition) is 3. The molecule has 8 heteroatoms. The Morgan fingerprint density at radius 3 is 2.05 bits per heavy atom. The lowest BCUT2D eigenvalue weighted by Crippen LogP contribution is -2.30. The third-order valence-electron chi connectivity index (χ3n) is 2.56. The van der Waals surface area contributed by atoms with Gasteiger partial charge in [0, 0.05) is 11.6 Å². The molecule has 1 N–H and O–H groups in total. The molecule has 21 heavy (non-hydrogen) atoms. The average Bonchev–Trinajstić information content (AvgIpc) is 2.45. The van der Waals surface area contributed by atoms with Crippen LogP contribution in [-0.2, 0) is 10.0 Å². The molecule has 110 valence electrons. The monoisotopic (exact) mass is 314 g/mol. The summed E-state index contributed by atoms with van der Waals surface area (Å²) in [7, 11) is -4.61. The van der Waals surface area contributed by atoms with Gasteiger partial charge in [0.15, 0.2) is 5.84 Å². The van der Waals surface area contributed by atoms with Crippen molar-refractivity contribution in [2.75, 3.05) is 0 Å². The maximum Gasteiger partial charge on any atom is 0.292 e. The fraction of sp³-hybridized carbons (Fsp3) is 0. The summed E-state index contributed by atoms with van der Waals surface area (Å²) in [6.45, 7) is 0. The van der Waals surface area contributed by atoms with Crippen LogP contribution in [0.1, 0.15) is 5.56 Å². The fourth-order valence-electron chi connectivity index (χ4n) is 1.60. The lowest BCUT2D eigenvalue weighted by molar-refractivity contribution is 0.237. The van der Waals surface area contributed by atoms with Gasteiger partial charge in [-0.3, -0.25) is 5.41 Å². The van der Waals surface area contributed by atoms with Crippen LogP contribution >= 0.6 is 0 Å². The maximum atomic E-state index is 14.0. The minimum Gasteiger partial charge on any atom is -0.281 e. The number of sulfonamides is 1.